The van der Waals surface area contributed by atoms with Crippen LogP contribution in [0.15, 0.2) is 22.7 Å². The summed E-state index contributed by atoms with van der Waals surface area (Å²) in [5, 5.41) is 18.3. The number of halogens is 1. The molecular formula is C10H13BBrNO2. The van der Waals surface area contributed by atoms with E-state index in [0.29, 0.717) is 5.46 Å². The SMILES string of the molecule is OB(O)c1cc(Br)cc(N2CCCC2)c1. The third-order valence-corrected chi connectivity index (χ3v) is 3.13. The molecule has 2 rings (SSSR count). The molecule has 2 N–H and O–H groups in total. The highest BCUT2D eigenvalue weighted by Gasteiger charge is 2.17. The molecule has 0 unspecified atom stereocenters. The van der Waals surface area contributed by atoms with Crippen LogP contribution in [0.4, 0.5) is 5.69 Å². The van der Waals surface area contributed by atoms with Crippen molar-refractivity contribution in [2.45, 2.75) is 12.8 Å². The van der Waals surface area contributed by atoms with Gasteiger partial charge in [0.15, 0.2) is 0 Å². The quantitative estimate of drug-likeness (QED) is 0.778. The monoisotopic (exact) mass is 269 g/mol. The number of hydrogen-bond donors (Lipinski definition) is 2. The van der Waals surface area contributed by atoms with E-state index in [1.54, 1.807) is 6.07 Å². The second-order valence-electron chi connectivity index (χ2n) is 3.81. The third-order valence-electron chi connectivity index (χ3n) is 2.67. The van der Waals surface area contributed by atoms with Crippen molar-refractivity contribution in [2.24, 2.45) is 0 Å². The predicted molar refractivity (Wildman–Crippen MR) is 65.4 cm³/mol. The van der Waals surface area contributed by atoms with Gasteiger partial charge in [-0.3, -0.25) is 0 Å². The number of hydrogen-bond acceptors (Lipinski definition) is 3. The molecule has 1 saturated heterocycles. The molecule has 15 heavy (non-hydrogen) atoms. The average Bonchev–Trinajstić information content (AvgIpc) is 2.69. The van der Waals surface area contributed by atoms with Gasteiger partial charge < -0.3 is 14.9 Å². The van der Waals surface area contributed by atoms with Crippen molar-refractivity contribution in [1.29, 1.82) is 0 Å². The topological polar surface area (TPSA) is 43.7 Å². The maximum absolute atomic E-state index is 9.13. The van der Waals surface area contributed by atoms with Crippen LogP contribution in [-0.4, -0.2) is 30.3 Å². The number of benzene rings is 1. The fraction of sp³-hybridized carbons (Fsp3) is 0.400. The highest BCUT2D eigenvalue weighted by atomic mass is 79.9. The zero-order valence-corrected chi connectivity index (χ0v) is 9.94. The summed E-state index contributed by atoms with van der Waals surface area (Å²) < 4.78 is 0.884. The van der Waals surface area contributed by atoms with E-state index >= 15 is 0 Å². The van der Waals surface area contributed by atoms with E-state index in [1.165, 1.54) is 12.8 Å². The highest BCUT2D eigenvalue weighted by molar-refractivity contribution is 9.10. The molecular weight excluding hydrogens is 257 g/mol. The second kappa shape index (κ2) is 4.55. The molecule has 1 aromatic rings. The first-order valence-corrected chi connectivity index (χ1v) is 5.88. The molecule has 3 nitrogen and oxygen atoms in total. The first-order chi connectivity index (χ1) is 7.16. The Kier molecular flexibility index (Phi) is 3.33. The van der Waals surface area contributed by atoms with Gasteiger partial charge in [0.05, 0.1) is 0 Å². The fourth-order valence-corrected chi connectivity index (χ4v) is 2.40. The van der Waals surface area contributed by atoms with Crippen molar-refractivity contribution in [2.75, 3.05) is 18.0 Å². The zero-order chi connectivity index (χ0) is 10.8. The Bertz CT molecular complexity index is 353. The molecule has 0 aliphatic carbocycles. The Hall–Kier alpha value is -0.515. The Morgan fingerprint density at radius 1 is 1.13 bits per heavy atom. The molecule has 80 valence electrons. The molecule has 0 aromatic heterocycles. The van der Waals surface area contributed by atoms with Gasteiger partial charge in [-0.25, -0.2) is 0 Å². The second-order valence-corrected chi connectivity index (χ2v) is 4.73. The Morgan fingerprint density at radius 3 is 2.40 bits per heavy atom. The van der Waals surface area contributed by atoms with Crippen molar-refractivity contribution in [1.82, 2.24) is 0 Å². The lowest BCUT2D eigenvalue weighted by Gasteiger charge is -2.18. The molecule has 0 spiro atoms. The first kappa shape index (κ1) is 11.0. The fourth-order valence-electron chi connectivity index (χ4n) is 1.90. The van der Waals surface area contributed by atoms with Crippen LogP contribution in [0.25, 0.3) is 0 Å². The minimum atomic E-state index is -1.40. The summed E-state index contributed by atoms with van der Waals surface area (Å²) in [4.78, 5) is 2.26. The van der Waals surface area contributed by atoms with Crippen molar-refractivity contribution in [3.8, 4) is 0 Å². The molecule has 1 heterocycles. The number of anilines is 1. The van der Waals surface area contributed by atoms with Crippen molar-refractivity contribution in [3.63, 3.8) is 0 Å². The van der Waals surface area contributed by atoms with Crippen LogP contribution in [0.2, 0.25) is 0 Å². The molecule has 1 aliphatic heterocycles. The van der Waals surface area contributed by atoms with Crippen LogP contribution >= 0.6 is 15.9 Å². The molecule has 0 atom stereocenters. The van der Waals surface area contributed by atoms with Gasteiger partial charge in [0.25, 0.3) is 0 Å². The summed E-state index contributed by atoms with van der Waals surface area (Å²) in [6.45, 7) is 2.11. The van der Waals surface area contributed by atoms with E-state index in [2.05, 4.69) is 20.8 Å². The average molecular weight is 270 g/mol. The minimum Gasteiger partial charge on any atom is -0.423 e. The normalized spacial score (nSPS) is 15.8. The summed E-state index contributed by atoms with van der Waals surface area (Å²) in [5.41, 5.74) is 1.59. The number of nitrogens with zero attached hydrogens (tertiary/aromatic N) is 1. The number of rotatable bonds is 2. The maximum atomic E-state index is 9.13. The van der Waals surface area contributed by atoms with Gasteiger partial charge in [0.1, 0.15) is 0 Å². The smallest absolute Gasteiger partial charge is 0.423 e. The van der Waals surface area contributed by atoms with E-state index in [9.17, 15) is 0 Å². The molecule has 5 heteroatoms. The van der Waals surface area contributed by atoms with E-state index in [4.69, 9.17) is 10.0 Å². The van der Waals surface area contributed by atoms with Crippen LogP contribution in [0.3, 0.4) is 0 Å². The molecule has 0 saturated carbocycles. The van der Waals surface area contributed by atoms with Gasteiger partial charge in [-0.05, 0) is 36.5 Å². The van der Waals surface area contributed by atoms with Crippen molar-refractivity contribution >= 4 is 34.2 Å². The third kappa shape index (κ3) is 2.54. The summed E-state index contributed by atoms with van der Waals surface area (Å²) in [5.74, 6) is 0. The first-order valence-electron chi connectivity index (χ1n) is 5.08. The Morgan fingerprint density at radius 2 is 1.80 bits per heavy atom. The van der Waals surface area contributed by atoms with E-state index in [-0.39, 0.29) is 0 Å². The van der Waals surface area contributed by atoms with Gasteiger partial charge in [-0.1, -0.05) is 15.9 Å². The predicted octanol–water partition coefficient (Wildman–Crippen LogP) is 0.729. The van der Waals surface area contributed by atoms with Crippen molar-refractivity contribution in [3.05, 3.63) is 22.7 Å². The van der Waals surface area contributed by atoms with E-state index < -0.39 is 7.12 Å². The van der Waals surface area contributed by atoms with Gasteiger partial charge in [-0.15, -0.1) is 0 Å². The summed E-state index contributed by atoms with van der Waals surface area (Å²) in [6, 6.07) is 5.57. The van der Waals surface area contributed by atoms with Gasteiger partial charge >= 0.3 is 7.12 Å². The lowest BCUT2D eigenvalue weighted by Crippen LogP contribution is -2.31. The van der Waals surface area contributed by atoms with Gasteiger partial charge in [-0.2, -0.15) is 0 Å². The van der Waals surface area contributed by atoms with Gasteiger partial charge in [0.2, 0.25) is 0 Å². The van der Waals surface area contributed by atoms with E-state index in [1.807, 2.05) is 12.1 Å². The molecule has 1 aliphatic rings. The highest BCUT2D eigenvalue weighted by Crippen LogP contribution is 2.22. The van der Waals surface area contributed by atoms with E-state index in [0.717, 1.165) is 23.2 Å². The van der Waals surface area contributed by atoms with Crippen LogP contribution < -0.4 is 10.4 Å². The molecule has 0 amide bonds. The van der Waals surface area contributed by atoms with Crippen LogP contribution in [0.5, 0.6) is 0 Å². The minimum absolute atomic E-state index is 0.534. The molecule has 1 aromatic carbocycles. The summed E-state index contributed by atoms with van der Waals surface area (Å²) >= 11 is 3.38. The maximum Gasteiger partial charge on any atom is 0.488 e. The van der Waals surface area contributed by atoms with Crippen molar-refractivity contribution < 1.29 is 10.0 Å². The largest absolute Gasteiger partial charge is 0.488 e. The molecule has 1 fully saturated rings. The molecule has 0 bridgehead atoms. The Balaban J connectivity index is 2.30. The zero-order valence-electron chi connectivity index (χ0n) is 8.36. The van der Waals surface area contributed by atoms with Crippen LogP contribution in [0.1, 0.15) is 12.8 Å². The summed E-state index contributed by atoms with van der Waals surface area (Å²) in [6.07, 6.45) is 2.42. The lowest BCUT2D eigenvalue weighted by atomic mass is 9.80. The lowest BCUT2D eigenvalue weighted by molar-refractivity contribution is 0.426. The Labute approximate surface area is 98.0 Å². The standard InChI is InChI=1S/C10H13BBrNO2/c12-9-5-8(11(14)15)6-10(7-9)13-3-1-2-4-13/h5-7,14-15H,1-4H2. The van der Waals surface area contributed by atoms with Gasteiger partial charge in [0, 0.05) is 23.2 Å². The van der Waals surface area contributed by atoms with Crippen LogP contribution in [-0.2, 0) is 0 Å². The molecule has 0 radical (unpaired) electrons. The van der Waals surface area contributed by atoms with Crippen LogP contribution in [0, 0.1) is 0 Å². The summed E-state index contributed by atoms with van der Waals surface area (Å²) in [7, 11) is -1.40.